The van der Waals surface area contributed by atoms with Gasteiger partial charge in [0.15, 0.2) is 0 Å². The van der Waals surface area contributed by atoms with Crippen LogP contribution in [-0.2, 0) is 0 Å². The van der Waals surface area contributed by atoms with Crippen molar-refractivity contribution in [2.75, 3.05) is 0 Å². The molecule has 0 spiro atoms. The Labute approximate surface area is 187 Å². The predicted molar refractivity (Wildman–Crippen MR) is 135 cm³/mol. The molecule has 0 bridgehead atoms. The molecule has 2 aromatic rings. The third-order valence-electron chi connectivity index (χ3n) is 7.14. The van der Waals surface area contributed by atoms with E-state index >= 15 is 0 Å². The summed E-state index contributed by atoms with van der Waals surface area (Å²) in [5.74, 6) is 2.16. The summed E-state index contributed by atoms with van der Waals surface area (Å²) in [5.41, 5.74) is 4.62. The van der Waals surface area contributed by atoms with Gasteiger partial charge in [-0.25, -0.2) is 0 Å². The fraction of sp³-hybridized carbons (Fsp3) is 0.600. The summed E-state index contributed by atoms with van der Waals surface area (Å²) in [4.78, 5) is 0. The standard InChI is InChI=1S/C30H46/c1-5-9-10-12-16-25(6-2)29-21-23-30(24-22-29)27(8-4)20-15-19-26(7-3)28-17-13-11-14-18-28/h11,13-14,17-18,21-27H,5-10,12,15-16,19-20H2,1-4H3. The van der Waals surface area contributed by atoms with Gasteiger partial charge >= 0.3 is 0 Å². The first-order valence-corrected chi connectivity index (χ1v) is 12.9. The van der Waals surface area contributed by atoms with Gasteiger partial charge in [-0.05, 0) is 73.0 Å². The Morgan fingerprint density at radius 2 is 0.900 bits per heavy atom. The molecule has 0 aliphatic heterocycles. The first kappa shape index (κ1) is 24.7. The van der Waals surface area contributed by atoms with E-state index in [4.69, 9.17) is 0 Å². The molecule has 0 fully saturated rings. The van der Waals surface area contributed by atoms with Crippen molar-refractivity contribution >= 4 is 0 Å². The number of hydrogen-bond acceptors (Lipinski definition) is 0. The Morgan fingerprint density at radius 3 is 1.33 bits per heavy atom. The first-order chi connectivity index (χ1) is 14.7. The minimum absolute atomic E-state index is 0.706. The lowest BCUT2D eigenvalue weighted by Crippen LogP contribution is -2.03. The van der Waals surface area contributed by atoms with Gasteiger partial charge in [0, 0.05) is 0 Å². The lowest BCUT2D eigenvalue weighted by Gasteiger charge is -2.20. The Kier molecular flexibility index (Phi) is 11.9. The summed E-state index contributed by atoms with van der Waals surface area (Å²) in [6.07, 6.45) is 14.5. The summed E-state index contributed by atoms with van der Waals surface area (Å²) in [5, 5.41) is 0. The normalized spacial score (nSPS) is 14.4. The van der Waals surface area contributed by atoms with Crippen molar-refractivity contribution in [2.45, 2.75) is 116 Å². The van der Waals surface area contributed by atoms with Gasteiger partial charge in [0.2, 0.25) is 0 Å². The van der Waals surface area contributed by atoms with E-state index in [0.717, 1.165) is 5.92 Å². The molecule has 0 aromatic heterocycles. The van der Waals surface area contributed by atoms with E-state index in [1.165, 1.54) is 76.2 Å². The minimum atomic E-state index is 0.706. The van der Waals surface area contributed by atoms with Gasteiger partial charge in [-0.1, -0.05) is 114 Å². The highest BCUT2D eigenvalue weighted by atomic mass is 14.2. The van der Waals surface area contributed by atoms with Gasteiger partial charge in [-0.15, -0.1) is 0 Å². The highest BCUT2D eigenvalue weighted by Crippen LogP contribution is 2.32. The summed E-state index contributed by atoms with van der Waals surface area (Å²) in [6.45, 7) is 9.34. The molecule has 0 heterocycles. The third kappa shape index (κ3) is 7.93. The number of rotatable bonds is 15. The summed E-state index contributed by atoms with van der Waals surface area (Å²) in [6, 6.07) is 20.8. The molecule has 0 amide bonds. The van der Waals surface area contributed by atoms with Crippen molar-refractivity contribution in [3.8, 4) is 0 Å². The maximum Gasteiger partial charge on any atom is -0.0165 e. The van der Waals surface area contributed by atoms with Crippen LogP contribution in [-0.4, -0.2) is 0 Å². The van der Waals surface area contributed by atoms with Crippen LogP contribution in [0.1, 0.15) is 133 Å². The molecule has 0 radical (unpaired) electrons. The zero-order valence-electron chi connectivity index (χ0n) is 20.2. The maximum absolute atomic E-state index is 2.44. The molecule has 30 heavy (non-hydrogen) atoms. The van der Waals surface area contributed by atoms with Crippen LogP contribution in [0.3, 0.4) is 0 Å². The van der Waals surface area contributed by atoms with Crippen LogP contribution in [0.5, 0.6) is 0 Å². The van der Waals surface area contributed by atoms with Crippen LogP contribution in [0.2, 0.25) is 0 Å². The van der Waals surface area contributed by atoms with Gasteiger partial charge in [-0.2, -0.15) is 0 Å². The third-order valence-corrected chi connectivity index (χ3v) is 7.14. The molecule has 2 rings (SSSR count). The van der Waals surface area contributed by atoms with Crippen LogP contribution < -0.4 is 0 Å². The maximum atomic E-state index is 2.44. The van der Waals surface area contributed by atoms with Crippen LogP contribution in [0, 0.1) is 0 Å². The molecule has 2 aromatic carbocycles. The molecule has 0 saturated heterocycles. The van der Waals surface area contributed by atoms with E-state index in [1.54, 1.807) is 11.1 Å². The number of unbranched alkanes of at least 4 members (excludes halogenated alkanes) is 3. The Bertz CT molecular complexity index is 654. The van der Waals surface area contributed by atoms with Gasteiger partial charge in [0.05, 0.1) is 0 Å². The largest absolute Gasteiger partial charge is 0.0654 e. The average Bonchev–Trinajstić information content (AvgIpc) is 2.80. The second-order valence-corrected chi connectivity index (χ2v) is 9.17. The van der Waals surface area contributed by atoms with E-state index in [2.05, 4.69) is 82.3 Å². The van der Waals surface area contributed by atoms with Crippen molar-refractivity contribution < 1.29 is 0 Å². The van der Waals surface area contributed by atoms with E-state index in [1.807, 2.05) is 0 Å². The number of benzene rings is 2. The fourth-order valence-electron chi connectivity index (χ4n) is 5.01. The lowest BCUT2D eigenvalue weighted by molar-refractivity contribution is 0.507. The van der Waals surface area contributed by atoms with Gasteiger partial charge in [0.25, 0.3) is 0 Å². The Morgan fingerprint density at radius 1 is 0.467 bits per heavy atom. The highest BCUT2D eigenvalue weighted by molar-refractivity contribution is 5.28. The SMILES string of the molecule is CCCCCCC(CC)c1ccc(C(CC)CCCC(CC)c2ccccc2)cc1. The monoisotopic (exact) mass is 406 g/mol. The second-order valence-electron chi connectivity index (χ2n) is 9.17. The number of hydrogen-bond donors (Lipinski definition) is 0. The molecule has 3 atom stereocenters. The lowest BCUT2D eigenvalue weighted by atomic mass is 9.85. The average molecular weight is 407 g/mol. The second kappa shape index (κ2) is 14.4. The van der Waals surface area contributed by atoms with Gasteiger partial charge < -0.3 is 0 Å². The Balaban J connectivity index is 1.88. The van der Waals surface area contributed by atoms with E-state index in [0.29, 0.717) is 11.8 Å². The smallest absolute Gasteiger partial charge is 0.0165 e. The quantitative estimate of drug-likeness (QED) is 0.258. The van der Waals surface area contributed by atoms with E-state index < -0.39 is 0 Å². The zero-order chi connectivity index (χ0) is 21.6. The van der Waals surface area contributed by atoms with Crippen molar-refractivity contribution in [3.63, 3.8) is 0 Å². The fourth-order valence-corrected chi connectivity index (χ4v) is 5.01. The molecule has 0 aliphatic rings. The van der Waals surface area contributed by atoms with Crippen LogP contribution in [0.25, 0.3) is 0 Å². The molecule has 0 N–H and O–H groups in total. The first-order valence-electron chi connectivity index (χ1n) is 12.9. The molecule has 166 valence electrons. The minimum Gasteiger partial charge on any atom is -0.0654 e. The summed E-state index contributed by atoms with van der Waals surface area (Å²) in [7, 11) is 0. The van der Waals surface area contributed by atoms with Crippen molar-refractivity contribution in [1.29, 1.82) is 0 Å². The van der Waals surface area contributed by atoms with Gasteiger partial charge in [0.1, 0.15) is 0 Å². The highest BCUT2D eigenvalue weighted by Gasteiger charge is 2.14. The molecular weight excluding hydrogens is 360 g/mol. The Hall–Kier alpha value is -1.56. The van der Waals surface area contributed by atoms with Crippen molar-refractivity contribution in [1.82, 2.24) is 0 Å². The molecule has 0 saturated carbocycles. The molecule has 0 nitrogen and oxygen atoms in total. The molecular formula is C30H46. The van der Waals surface area contributed by atoms with Crippen molar-refractivity contribution in [2.24, 2.45) is 0 Å². The summed E-state index contributed by atoms with van der Waals surface area (Å²) >= 11 is 0. The van der Waals surface area contributed by atoms with E-state index in [9.17, 15) is 0 Å². The van der Waals surface area contributed by atoms with Crippen LogP contribution in [0.15, 0.2) is 54.6 Å². The van der Waals surface area contributed by atoms with Gasteiger partial charge in [-0.3, -0.25) is 0 Å². The zero-order valence-corrected chi connectivity index (χ0v) is 20.2. The molecule has 0 heteroatoms. The van der Waals surface area contributed by atoms with Crippen molar-refractivity contribution in [3.05, 3.63) is 71.3 Å². The van der Waals surface area contributed by atoms with Crippen LogP contribution >= 0.6 is 0 Å². The molecule has 3 unspecified atom stereocenters. The van der Waals surface area contributed by atoms with E-state index in [-0.39, 0.29) is 0 Å². The topological polar surface area (TPSA) is 0 Å². The summed E-state index contributed by atoms with van der Waals surface area (Å²) < 4.78 is 0. The predicted octanol–water partition coefficient (Wildman–Crippen LogP) is 10.0. The van der Waals surface area contributed by atoms with Crippen LogP contribution in [0.4, 0.5) is 0 Å². The molecule has 0 aliphatic carbocycles.